The standard InChI is InChI=1S/C18H18ClN3O2/c19-14-7-8-20-10-17(14)24-13-4-1-11(2-5-13)18(23)22-16-9-12-3-6-15(16)21-12/h1-2,4-5,7-8,10,12,15-16,21H,3,6,9H2,(H,22,23). The Balaban J connectivity index is 1.40. The van der Waals surface area contributed by atoms with Crippen molar-refractivity contribution in [1.29, 1.82) is 0 Å². The van der Waals surface area contributed by atoms with Crippen LogP contribution >= 0.6 is 11.6 Å². The lowest BCUT2D eigenvalue weighted by atomic mass is 9.95. The van der Waals surface area contributed by atoms with Gasteiger partial charge >= 0.3 is 0 Å². The minimum atomic E-state index is -0.0414. The van der Waals surface area contributed by atoms with E-state index in [0.29, 0.717) is 34.2 Å². The average Bonchev–Trinajstić information content (AvgIpc) is 3.20. The quantitative estimate of drug-likeness (QED) is 0.895. The molecule has 1 aromatic heterocycles. The van der Waals surface area contributed by atoms with Crippen LogP contribution in [0.2, 0.25) is 5.02 Å². The number of carbonyl (C=O) groups excluding carboxylic acids is 1. The van der Waals surface area contributed by atoms with E-state index in [-0.39, 0.29) is 11.9 Å². The number of nitrogens with zero attached hydrogens (tertiary/aromatic N) is 1. The number of aromatic nitrogens is 1. The van der Waals surface area contributed by atoms with Crippen molar-refractivity contribution in [2.45, 2.75) is 37.4 Å². The van der Waals surface area contributed by atoms with Gasteiger partial charge in [-0.1, -0.05) is 11.6 Å². The fourth-order valence-electron chi connectivity index (χ4n) is 3.47. The van der Waals surface area contributed by atoms with Crippen LogP contribution in [0, 0.1) is 0 Å². The van der Waals surface area contributed by atoms with Gasteiger partial charge in [-0.05, 0) is 49.6 Å². The Kier molecular flexibility index (Phi) is 4.12. The number of fused-ring (bicyclic) bond motifs is 2. The topological polar surface area (TPSA) is 63.2 Å². The Morgan fingerprint density at radius 1 is 1.25 bits per heavy atom. The number of amides is 1. The summed E-state index contributed by atoms with van der Waals surface area (Å²) in [6.45, 7) is 0. The van der Waals surface area contributed by atoms with Gasteiger partial charge in [0, 0.05) is 29.9 Å². The van der Waals surface area contributed by atoms with Crippen molar-refractivity contribution in [3.63, 3.8) is 0 Å². The molecule has 1 amide bonds. The lowest BCUT2D eigenvalue weighted by Crippen LogP contribution is -2.42. The first-order valence-electron chi connectivity index (χ1n) is 8.13. The van der Waals surface area contributed by atoms with Crippen LogP contribution in [0.15, 0.2) is 42.7 Å². The summed E-state index contributed by atoms with van der Waals surface area (Å²) >= 11 is 6.05. The molecule has 1 aromatic carbocycles. The van der Waals surface area contributed by atoms with Crippen molar-refractivity contribution < 1.29 is 9.53 Å². The van der Waals surface area contributed by atoms with Crippen molar-refractivity contribution in [3.8, 4) is 11.5 Å². The fourth-order valence-corrected chi connectivity index (χ4v) is 3.62. The zero-order valence-electron chi connectivity index (χ0n) is 13.0. The van der Waals surface area contributed by atoms with Gasteiger partial charge in [0.2, 0.25) is 0 Å². The van der Waals surface area contributed by atoms with Crippen LogP contribution in [0.5, 0.6) is 11.5 Å². The highest BCUT2D eigenvalue weighted by molar-refractivity contribution is 6.32. The first-order valence-corrected chi connectivity index (χ1v) is 8.51. The minimum Gasteiger partial charge on any atom is -0.454 e. The predicted octanol–water partition coefficient (Wildman–Crippen LogP) is 3.15. The van der Waals surface area contributed by atoms with Gasteiger partial charge < -0.3 is 15.4 Å². The second kappa shape index (κ2) is 6.42. The molecule has 2 aliphatic heterocycles. The van der Waals surface area contributed by atoms with E-state index < -0.39 is 0 Å². The summed E-state index contributed by atoms with van der Waals surface area (Å²) in [5, 5.41) is 7.15. The lowest BCUT2D eigenvalue weighted by molar-refractivity contribution is 0.0931. The average molecular weight is 344 g/mol. The molecule has 0 aliphatic carbocycles. The smallest absolute Gasteiger partial charge is 0.251 e. The summed E-state index contributed by atoms with van der Waals surface area (Å²) in [6.07, 6.45) is 6.56. The number of ether oxygens (including phenoxy) is 1. The number of nitrogens with one attached hydrogen (secondary N) is 2. The van der Waals surface area contributed by atoms with Crippen LogP contribution in [0.3, 0.4) is 0 Å². The van der Waals surface area contributed by atoms with E-state index in [1.165, 1.54) is 6.42 Å². The number of carbonyl (C=O) groups is 1. The van der Waals surface area contributed by atoms with Crippen molar-refractivity contribution in [2.24, 2.45) is 0 Å². The zero-order chi connectivity index (χ0) is 16.5. The SMILES string of the molecule is O=C(NC1CC2CCC1N2)c1ccc(Oc2cnccc2Cl)cc1. The molecule has 6 heteroatoms. The molecule has 24 heavy (non-hydrogen) atoms. The molecule has 2 bridgehead atoms. The number of hydrogen-bond acceptors (Lipinski definition) is 4. The van der Waals surface area contributed by atoms with Crippen molar-refractivity contribution in [3.05, 3.63) is 53.3 Å². The van der Waals surface area contributed by atoms with Gasteiger partial charge in [-0.15, -0.1) is 0 Å². The molecule has 2 N–H and O–H groups in total. The van der Waals surface area contributed by atoms with Gasteiger partial charge in [-0.2, -0.15) is 0 Å². The highest BCUT2D eigenvalue weighted by Crippen LogP contribution is 2.29. The predicted molar refractivity (Wildman–Crippen MR) is 91.6 cm³/mol. The number of rotatable bonds is 4. The molecule has 5 nitrogen and oxygen atoms in total. The Hall–Kier alpha value is -2.11. The van der Waals surface area contributed by atoms with Crippen LogP contribution < -0.4 is 15.4 Å². The molecule has 3 heterocycles. The molecule has 2 fully saturated rings. The van der Waals surface area contributed by atoms with E-state index in [4.69, 9.17) is 16.3 Å². The maximum absolute atomic E-state index is 12.4. The highest BCUT2D eigenvalue weighted by Gasteiger charge is 2.39. The fraction of sp³-hybridized carbons (Fsp3) is 0.333. The Bertz CT molecular complexity index is 750. The lowest BCUT2D eigenvalue weighted by Gasteiger charge is -2.21. The van der Waals surface area contributed by atoms with E-state index >= 15 is 0 Å². The maximum atomic E-state index is 12.4. The van der Waals surface area contributed by atoms with Gasteiger partial charge in [-0.25, -0.2) is 0 Å². The third-order valence-electron chi connectivity index (χ3n) is 4.69. The van der Waals surface area contributed by atoms with Crippen LogP contribution in [0.25, 0.3) is 0 Å². The number of benzene rings is 1. The first kappa shape index (κ1) is 15.4. The monoisotopic (exact) mass is 343 g/mol. The van der Waals surface area contributed by atoms with Gasteiger partial charge in [0.1, 0.15) is 5.75 Å². The summed E-state index contributed by atoms with van der Waals surface area (Å²) in [6, 6.07) is 9.94. The van der Waals surface area contributed by atoms with Crippen molar-refractivity contribution in [1.82, 2.24) is 15.6 Å². The number of pyridine rings is 1. The van der Waals surface area contributed by atoms with E-state index in [1.54, 1.807) is 42.7 Å². The number of halogens is 1. The third-order valence-corrected chi connectivity index (χ3v) is 5.01. The molecule has 3 atom stereocenters. The van der Waals surface area contributed by atoms with E-state index in [0.717, 1.165) is 12.8 Å². The van der Waals surface area contributed by atoms with E-state index in [2.05, 4.69) is 15.6 Å². The molecule has 0 spiro atoms. The zero-order valence-corrected chi connectivity index (χ0v) is 13.8. The Morgan fingerprint density at radius 2 is 2.08 bits per heavy atom. The summed E-state index contributed by atoms with van der Waals surface area (Å²) < 4.78 is 5.68. The van der Waals surface area contributed by atoms with Crippen LogP contribution in [-0.2, 0) is 0 Å². The van der Waals surface area contributed by atoms with E-state index in [9.17, 15) is 4.79 Å². The molecule has 3 unspecified atom stereocenters. The molecule has 2 aromatic rings. The van der Waals surface area contributed by atoms with Gasteiger partial charge in [0.25, 0.3) is 5.91 Å². The van der Waals surface area contributed by atoms with Gasteiger partial charge in [-0.3, -0.25) is 9.78 Å². The third kappa shape index (κ3) is 3.09. The second-order valence-electron chi connectivity index (χ2n) is 6.30. The summed E-state index contributed by atoms with van der Waals surface area (Å²) in [5.41, 5.74) is 0.627. The molecule has 124 valence electrons. The Morgan fingerprint density at radius 3 is 2.75 bits per heavy atom. The largest absolute Gasteiger partial charge is 0.454 e. The molecule has 0 saturated carbocycles. The van der Waals surface area contributed by atoms with Crippen LogP contribution in [-0.4, -0.2) is 29.0 Å². The molecule has 0 radical (unpaired) electrons. The van der Waals surface area contributed by atoms with Crippen LogP contribution in [0.1, 0.15) is 29.6 Å². The highest BCUT2D eigenvalue weighted by atomic mass is 35.5. The van der Waals surface area contributed by atoms with Crippen LogP contribution in [0.4, 0.5) is 0 Å². The van der Waals surface area contributed by atoms with Gasteiger partial charge in [0.15, 0.2) is 5.75 Å². The molecule has 2 saturated heterocycles. The summed E-state index contributed by atoms with van der Waals surface area (Å²) in [7, 11) is 0. The normalized spacial score (nSPS) is 24.8. The second-order valence-corrected chi connectivity index (χ2v) is 6.70. The molecule has 2 aliphatic rings. The summed E-state index contributed by atoms with van der Waals surface area (Å²) in [5.74, 6) is 1.06. The van der Waals surface area contributed by atoms with Crippen molar-refractivity contribution in [2.75, 3.05) is 0 Å². The molecular weight excluding hydrogens is 326 g/mol. The van der Waals surface area contributed by atoms with E-state index in [1.807, 2.05) is 0 Å². The molecule has 4 rings (SSSR count). The van der Waals surface area contributed by atoms with Gasteiger partial charge in [0.05, 0.1) is 11.2 Å². The van der Waals surface area contributed by atoms with Crippen molar-refractivity contribution >= 4 is 17.5 Å². The maximum Gasteiger partial charge on any atom is 0.251 e. The Labute approximate surface area is 145 Å². The first-order chi connectivity index (χ1) is 11.7. The number of hydrogen-bond donors (Lipinski definition) is 2. The summed E-state index contributed by atoms with van der Waals surface area (Å²) in [4.78, 5) is 16.4. The minimum absolute atomic E-state index is 0.0414. The molecular formula is C18H18ClN3O2.